The van der Waals surface area contributed by atoms with Gasteiger partial charge in [0.1, 0.15) is 0 Å². The van der Waals surface area contributed by atoms with Crippen molar-refractivity contribution < 1.29 is 0 Å². The summed E-state index contributed by atoms with van der Waals surface area (Å²) in [5.41, 5.74) is 5.37. The van der Waals surface area contributed by atoms with Crippen LogP contribution in [0.1, 0.15) is 25.0 Å². The summed E-state index contributed by atoms with van der Waals surface area (Å²) >= 11 is 0. The predicted octanol–water partition coefficient (Wildman–Crippen LogP) is 5.03. The maximum Gasteiger partial charge on any atom is -0.00976 e. The first-order valence-corrected chi connectivity index (χ1v) is 6.63. The highest BCUT2D eigenvalue weighted by molar-refractivity contribution is 5.64. The van der Waals surface area contributed by atoms with Gasteiger partial charge in [-0.15, -0.1) is 0 Å². The van der Waals surface area contributed by atoms with Gasteiger partial charge in [-0.05, 0) is 42.0 Å². The van der Waals surface area contributed by atoms with E-state index in [0.717, 1.165) is 12.8 Å². The fourth-order valence-electron chi connectivity index (χ4n) is 2.06. The topological polar surface area (TPSA) is 0 Å². The fraction of sp³-hybridized carbons (Fsp3) is 0.222. The average Bonchev–Trinajstić information content (AvgIpc) is 2.46. The molecule has 0 bridgehead atoms. The maximum absolute atomic E-state index is 2.28. The summed E-state index contributed by atoms with van der Waals surface area (Å²) in [6.07, 6.45) is 6.39. The zero-order valence-electron chi connectivity index (χ0n) is 11.2. The normalized spacial score (nSPS) is 11.0. The van der Waals surface area contributed by atoms with E-state index in [-0.39, 0.29) is 0 Å². The lowest BCUT2D eigenvalue weighted by Gasteiger charge is -2.05. The minimum atomic E-state index is 1.02. The zero-order chi connectivity index (χ0) is 12.8. The zero-order valence-corrected chi connectivity index (χ0v) is 11.2. The Balaban J connectivity index is 2.22. The molecule has 2 aromatic rings. The number of hydrogen-bond acceptors (Lipinski definition) is 0. The summed E-state index contributed by atoms with van der Waals surface area (Å²) in [5, 5.41) is 0. The summed E-state index contributed by atoms with van der Waals surface area (Å²) in [4.78, 5) is 0. The molecule has 0 nitrogen and oxygen atoms in total. The van der Waals surface area contributed by atoms with Crippen molar-refractivity contribution in [1.29, 1.82) is 0 Å². The van der Waals surface area contributed by atoms with E-state index in [1.54, 1.807) is 0 Å². The highest BCUT2D eigenvalue weighted by Crippen LogP contribution is 2.21. The fourth-order valence-corrected chi connectivity index (χ4v) is 2.06. The third-order valence-electron chi connectivity index (χ3n) is 3.21. The summed E-state index contributed by atoms with van der Waals surface area (Å²) < 4.78 is 0. The van der Waals surface area contributed by atoms with E-state index in [9.17, 15) is 0 Å². The highest BCUT2D eigenvalue weighted by Gasteiger charge is 1.98. The van der Waals surface area contributed by atoms with Crippen molar-refractivity contribution >= 4 is 0 Å². The van der Waals surface area contributed by atoms with Crippen molar-refractivity contribution in [2.24, 2.45) is 0 Å². The summed E-state index contributed by atoms with van der Waals surface area (Å²) in [6, 6.07) is 17.6. The van der Waals surface area contributed by atoms with Crippen LogP contribution in [0.2, 0.25) is 0 Å². The van der Waals surface area contributed by atoms with Gasteiger partial charge in [-0.25, -0.2) is 0 Å². The van der Waals surface area contributed by atoms with Crippen LogP contribution in [-0.2, 0) is 12.8 Å². The van der Waals surface area contributed by atoms with Crippen LogP contribution in [0.5, 0.6) is 0 Å². The third kappa shape index (κ3) is 3.10. The van der Waals surface area contributed by atoms with Crippen molar-refractivity contribution in [3.63, 3.8) is 0 Å². The minimum absolute atomic E-state index is 1.02. The molecule has 0 saturated heterocycles. The summed E-state index contributed by atoms with van der Waals surface area (Å²) in [6.45, 7) is 4.25. The molecule has 0 aromatic heterocycles. The predicted molar refractivity (Wildman–Crippen MR) is 79.8 cm³/mol. The van der Waals surface area contributed by atoms with Gasteiger partial charge in [0.15, 0.2) is 0 Å². The molecule has 0 spiro atoms. The third-order valence-corrected chi connectivity index (χ3v) is 3.21. The van der Waals surface area contributed by atoms with Crippen LogP contribution < -0.4 is 0 Å². The van der Waals surface area contributed by atoms with Crippen LogP contribution in [0.4, 0.5) is 0 Å². The first-order valence-electron chi connectivity index (χ1n) is 6.63. The summed E-state index contributed by atoms with van der Waals surface area (Å²) in [5.74, 6) is 0. The number of rotatable bonds is 4. The van der Waals surface area contributed by atoms with Crippen molar-refractivity contribution in [3.8, 4) is 11.1 Å². The molecule has 2 aromatic carbocycles. The molecule has 0 N–H and O–H groups in total. The smallest absolute Gasteiger partial charge is 0.00976 e. The first-order chi connectivity index (χ1) is 8.83. The van der Waals surface area contributed by atoms with Crippen LogP contribution >= 0.6 is 0 Å². The second-order valence-electron chi connectivity index (χ2n) is 4.52. The van der Waals surface area contributed by atoms with Gasteiger partial charge in [0, 0.05) is 0 Å². The molecule has 0 aliphatic rings. The molecule has 92 valence electrons. The molecule has 2 rings (SSSR count). The van der Waals surface area contributed by atoms with Gasteiger partial charge in [-0.1, -0.05) is 67.6 Å². The van der Waals surface area contributed by atoms with E-state index in [1.807, 2.05) is 0 Å². The Labute approximate surface area is 110 Å². The molecular formula is C18H20. The Kier molecular flexibility index (Phi) is 4.35. The summed E-state index contributed by atoms with van der Waals surface area (Å²) in [7, 11) is 0. The van der Waals surface area contributed by atoms with E-state index in [1.165, 1.54) is 22.3 Å². The van der Waals surface area contributed by atoms with Gasteiger partial charge in [0.25, 0.3) is 0 Å². The molecule has 18 heavy (non-hydrogen) atoms. The Hall–Kier alpha value is -1.82. The lowest BCUT2D eigenvalue weighted by atomic mass is 10.0. The van der Waals surface area contributed by atoms with E-state index < -0.39 is 0 Å². The Morgan fingerprint density at radius 3 is 2.33 bits per heavy atom. The monoisotopic (exact) mass is 236 g/mol. The molecule has 0 atom stereocenters. The number of allylic oxidation sites excluding steroid dienone is 2. The van der Waals surface area contributed by atoms with Gasteiger partial charge in [0.05, 0.1) is 0 Å². The van der Waals surface area contributed by atoms with Gasteiger partial charge in [0.2, 0.25) is 0 Å². The van der Waals surface area contributed by atoms with Crippen LogP contribution in [0.15, 0.2) is 60.7 Å². The lowest BCUT2D eigenvalue weighted by molar-refractivity contribution is 1.14. The van der Waals surface area contributed by atoms with E-state index in [2.05, 4.69) is 74.5 Å². The molecule has 0 heterocycles. The molecule has 0 amide bonds. The molecular weight excluding hydrogens is 216 g/mol. The quantitative estimate of drug-likeness (QED) is 0.653. The van der Waals surface area contributed by atoms with Crippen molar-refractivity contribution in [1.82, 2.24) is 0 Å². The number of hydrogen-bond donors (Lipinski definition) is 0. The minimum Gasteiger partial charge on any atom is -0.0913 e. The second-order valence-corrected chi connectivity index (χ2v) is 4.52. The molecule has 0 fully saturated rings. The average molecular weight is 236 g/mol. The highest BCUT2D eigenvalue weighted by atomic mass is 14.0. The van der Waals surface area contributed by atoms with E-state index >= 15 is 0 Å². The largest absolute Gasteiger partial charge is 0.0913 e. The van der Waals surface area contributed by atoms with Crippen molar-refractivity contribution in [2.45, 2.75) is 26.7 Å². The van der Waals surface area contributed by atoms with E-state index in [4.69, 9.17) is 0 Å². The molecule has 0 aliphatic carbocycles. The number of benzene rings is 2. The first kappa shape index (κ1) is 12.6. The molecule has 0 radical (unpaired) electrons. The molecule has 0 aliphatic heterocycles. The van der Waals surface area contributed by atoms with Crippen LogP contribution in [0.25, 0.3) is 11.1 Å². The second kappa shape index (κ2) is 6.20. The van der Waals surface area contributed by atoms with E-state index in [0.29, 0.717) is 0 Å². The van der Waals surface area contributed by atoms with Crippen LogP contribution in [0, 0.1) is 0 Å². The Bertz CT molecular complexity index is 518. The molecule has 0 heteroatoms. The number of aryl methyl sites for hydroxylation is 1. The molecule has 0 saturated carbocycles. The van der Waals surface area contributed by atoms with Crippen LogP contribution in [0.3, 0.4) is 0 Å². The lowest BCUT2D eigenvalue weighted by Crippen LogP contribution is -1.84. The van der Waals surface area contributed by atoms with Gasteiger partial charge >= 0.3 is 0 Å². The Morgan fingerprint density at radius 2 is 1.67 bits per heavy atom. The Morgan fingerprint density at radius 1 is 0.889 bits per heavy atom. The maximum atomic E-state index is 2.28. The SMILES string of the molecule is C/C=C/Cc1ccc(-c2cccc(CC)c2)cc1. The van der Waals surface area contributed by atoms with Crippen molar-refractivity contribution in [3.05, 3.63) is 71.8 Å². The van der Waals surface area contributed by atoms with Gasteiger partial charge < -0.3 is 0 Å². The standard InChI is InChI=1S/C18H20/c1-3-5-7-16-10-12-17(13-11-16)18-9-6-8-15(4-2)14-18/h3,5-6,8-14H,4,7H2,1-2H3/b5-3+. The van der Waals surface area contributed by atoms with Gasteiger partial charge in [-0.2, -0.15) is 0 Å². The van der Waals surface area contributed by atoms with Gasteiger partial charge in [-0.3, -0.25) is 0 Å². The van der Waals surface area contributed by atoms with Crippen LogP contribution in [-0.4, -0.2) is 0 Å². The van der Waals surface area contributed by atoms with Crippen molar-refractivity contribution in [2.75, 3.05) is 0 Å². The molecule has 0 unspecified atom stereocenters.